The molecule has 0 N–H and O–H groups in total. The van der Waals surface area contributed by atoms with Crippen LogP contribution in [0, 0.1) is 18.7 Å². The highest BCUT2D eigenvalue weighted by molar-refractivity contribution is 7.19. The van der Waals surface area contributed by atoms with Crippen LogP contribution < -0.4 is 9.96 Å². The number of para-hydroxylation sites is 1. The van der Waals surface area contributed by atoms with Gasteiger partial charge in [-0.05, 0) is 67.9 Å². The third kappa shape index (κ3) is 4.68. The summed E-state index contributed by atoms with van der Waals surface area (Å²) in [6.45, 7) is 3.27. The van der Waals surface area contributed by atoms with Gasteiger partial charge in [-0.2, -0.15) is 0 Å². The lowest BCUT2D eigenvalue weighted by molar-refractivity contribution is -0.126. The molecule has 3 atom stereocenters. The molecule has 4 heterocycles. The average Bonchev–Trinajstić information content (AvgIpc) is 3.77. The van der Waals surface area contributed by atoms with E-state index in [1.165, 1.54) is 31.2 Å². The first-order chi connectivity index (χ1) is 20.7. The summed E-state index contributed by atoms with van der Waals surface area (Å²) >= 11 is 0.804. The fourth-order valence-corrected chi connectivity index (χ4v) is 6.57. The number of carbonyl (C=O) groups excluding carboxylic acids is 4. The Bertz CT molecular complexity index is 1730. The van der Waals surface area contributed by atoms with Gasteiger partial charge in [-0.1, -0.05) is 18.2 Å². The van der Waals surface area contributed by atoms with Crippen LogP contribution in [0.3, 0.4) is 0 Å². The molecular weight excluding hydrogens is 579 g/mol. The van der Waals surface area contributed by atoms with E-state index in [-0.39, 0.29) is 27.6 Å². The molecule has 12 heteroatoms. The molecule has 0 aliphatic carbocycles. The lowest BCUT2D eigenvalue weighted by Gasteiger charge is -2.27. The molecule has 0 bridgehead atoms. The highest BCUT2D eigenvalue weighted by Crippen LogP contribution is 2.50. The van der Waals surface area contributed by atoms with Crippen molar-refractivity contribution in [3.05, 3.63) is 94.3 Å². The van der Waals surface area contributed by atoms with Crippen molar-refractivity contribution >= 4 is 45.8 Å². The Balaban J connectivity index is 1.43. The number of hydrogen-bond acceptors (Lipinski definition) is 10. The van der Waals surface area contributed by atoms with E-state index in [0.717, 1.165) is 16.2 Å². The Morgan fingerprint density at radius 2 is 1.70 bits per heavy atom. The van der Waals surface area contributed by atoms with Crippen LogP contribution in [0.25, 0.3) is 11.3 Å². The number of halogens is 1. The fourth-order valence-electron chi connectivity index (χ4n) is 5.37. The number of hydrogen-bond donors (Lipinski definition) is 0. The van der Waals surface area contributed by atoms with Crippen molar-refractivity contribution in [3.8, 4) is 11.3 Å². The van der Waals surface area contributed by atoms with Gasteiger partial charge >= 0.3 is 11.9 Å². The van der Waals surface area contributed by atoms with Crippen molar-refractivity contribution in [1.82, 2.24) is 0 Å². The van der Waals surface area contributed by atoms with Crippen LogP contribution in [0.4, 0.5) is 15.1 Å². The van der Waals surface area contributed by atoms with E-state index >= 15 is 0 Å². The van der Waals surface area contributed by atoms with Crippen LogP contribution in [-0.4, -0.2) is 43.6 Å². The summed E-state index contributed by atoms with van der Waals surface area (Å²) in [7, 11) is 1.17. The van der Waals surface area contributed by atoms with Crippen molar-refractivity contribution in [2.75, 3.05) is 23.7 Å². The van der Waals surface area contributed by atoms with Gasteiger partial charge in [0.25, 0.3) is 5.91 Å². The lowest BCUT2D eigenvalue weighted by atomic mass is 9.94. The van der Waals surface area contributed by atoms with Gasteiger partial charge in [-0.15, -0.1) is 11.3 Å². The van der Waals surface area contributed by atoms with Gasteiger partial charge in [0.2, 0.25) is 5.91 Å². The van der Waals surface area contributed by atoms with Crippen LogP contribution in [0.5, 0.6) is 0 Å². The molecule has 220 valence electrons. The fraction of sp³-hybridized carbons (Fsp3) is 0.226. The number of nitrogens with zero attached hydrogens (tertiary/aromatic N) is 2. The Kier molecular flexibility index (Phi) is 7.32. The number of imide groups is 1. The summed E-state index contributed by atoms with van der Waals surface area (Å²) < 4.78 is 29.8. The highest BCUT2D eigenvalue weighted by atomic mass is 32.1. The second kappa shape index (κ2) is 11.1. The predicted octanol–water partition coefficient (Wildman–Crippen LogP) is 5.47. The SMILES string of the molecule is CCOC(=O)c1sc(N2C(=O)[C@@H]3[C@H](ON(c4ccccc4)[C@H]3c3ccc(-c4ccc(F)cc4)o3)C2=O)c(C(=O)OC)c1C. The van der Waals surface area contributed by atoms with Gasteiger partial charge in [-0.25, -0.2) is 23.9 Å². The summed E-state index contributed by atoms with van der Waals surface area (Å²) in [6.07, 6.45) is -1.25. The molecule has 2 aliphatic rings. The molecule has 43 heavy (non-hydrogen) atoms. The molecule has 2 aliphatic heterocycles. The van der Waals surface area contributed by atoms with Gasteiger partial charge in [0.1, 0.15) is 39.2 Å². The normalized spacial score (nSPS) is 19.6. The molecule has 2 fully saturated rings. The quantitative estimate of drug-likeness (QED) is 0.200. The summed E-state index contributed by atoms with van der Waals surface area (Å²) in [5.74, 6) is -3.54. The number of thiophene rings is 1. The van der Waals surface area contributed by atoms with Crippen LogP contribution in [-0.2, 0) is 23.9 Å². The van der Waals surface area contributed by atoms with Crippen LogP contribution in [0.15, 0.2) is 71.1 Å². The van der Waals surface area contributed by atoms with E-state index in [2.05, 4.69) is 0 Å². The number of methoxy groups -OCH3 is 1. The molecular formula is C31H25FN2O8S. The zero-order chi connectivity index (χ0) is 30.4. The number of furan rings is 1. The Hall–Kier alpha value is -4.81. The van der Waals surface area contributed by atoms with Crippen LogP contribution in [0.2, 0.25) is 0 Å². The third-order valence-corrected chi connectivity index (χ3v) is 8.61. The minimum atomic E-state index is -1.25. The number of hydroxylamine groups is 1. The number of benzene rings is 2. The van der Waals surface area contributed by atoms with Crippen LogP contribution >= 0.6 is 11.3 Å². The van der Waals surface area contributed by atoms with Crippen molar-refractivity contribution < 1.29 is 42.3 Å². The van der Waals surface area contributed by atoms with E-state index < -0.39 is 47.6 Å². The minimum absolute atomic E-state index is 0.0446. The van der Waals surface area contributed by atoms with Gasteiger partial charge in [-0.3, -0.25) is 14.4 Å². The summed E-state index contributed by atoms with van der Waals surface area (Å²) in [5.41, 5.74) is 1.36. The Morgan fingerprint density at radius 3 is 2.37 bits per heavy atom. The summed E-state index contributed by atoms with van der Waals surface area (Å²) in [6, 6.07) is 17.2. The van der Waals surface area contributed by atoms with Crippen molar-refractivity contribution in [3.63, 3.8) is 0 Å². The first kappa shape index (κ1) is 28.3. The van der Waals surface area contributed by atoms with Gasteiger partial charge in [0.15, 0.2) is 6.10 Å². The van der Waals surface area contributed by atoms with E-state index in [1.807, 2.05) is 6.07 Å². The number of ether oxygens (including phenoxy) is 2. The number of carbonyl (C=O) groups is 4. The second-order valence-corrected chi connectivity index (χ2v) is 10.8. The predicted molar refractivity (Wildman–Crippen MR) is 153 cm³/mol. The number of rotatable bonds is 7. The molecule has 0 spiro atoms. The Morgan fingerprint density at radius 1 is 0.977 bits per heavy atom. The van der Waals surface area contributed by atoms with Crippen molar-refractivity contribution in [2.24, 2.45) is 5.92 Å². The van der Waals surface area contributed by atoms with Crippen molar-refractivity contribution in [2.45, 2.75) is 26.0 Å². The maximum atomic E-state index is 14.2. The smallest absolute Gasteiger partial charge is 0.348 e. The maximum Gasteiger partial charge on any atom is 0.348 e. The number of fused-ring (bicyclic) bond motifs is 1. The molecule has 0 radical (unpaired) electrons. The molecule has 0 unspecified atom stereocenters. The molecule has 0 saturated carbocycles. The molecule has 2 saturated heterocycles. The number of amides is 2. The first-order valence-electron chi connectivity index (χ1n) is 13.4. The topological polar surface area (TPSA) is 116 Å². The minimum Gasteiger partial charge on any atom is -0.465 e. The van der Waals surface area contributed by atoms with E-state index in [0.29, 0.717) is 22.8 Å². The van der Waals surface area contributed by atoms with Crippen LogP contribution in [0.1, 0.15) is 44.3 Å². The van der Waals surface area contributed by atoms with Gasteiger partial charge in [0, 0.05) is 5.56 Å². The largest absolute Gasteiger partial charge is 0.465 e. The summed E-state index contributed by atoms with van der Waals surface area (Å²) in [4.78, 5) is 60.8. The third-order valence-electron chi connectivity index (χ3n) is 7.35. The van der Waals surface area contributed by atoms with Gasteiger partial charge < -0.3 is 13.9 Å². The first-order valence-corrected chi connectivity index (χ1v) is 14.2. The molecule has 2 amide bonds. The molecule has 4 aromatic rings. The Labute approximate surface area is 249 Å². The highest BCUT2D eigenvalue weighted by Gasteiger charge is 2.62. The van der Waals surface area contributed by atoms with Gasteiger partial charge in [0.05, 0.1) is 25.0 Å². The zero-order valence-corrected chi connectivity index (χ0v) is 24.1. The van der Waals surface area contributed by atoms with Crippen molar-refractivity contribution in [1.29, 1.82) is 0 Å². The maximum absolute atomic E-state index is 14.2. The number of anilines is 2. The molecule has 10 nitrogen and oxygen atoms in total. The lowest BCUT2D eigenvalue weighted by Crippen LogP contribution is -2.37. The molecule has 6 rings (SSSR count). The average molecular weight is 605 g/mol. The standard InChI is InChI=1S/C31H25FN2O8S/c1-4-40-31(38)26-16(2)22(30(37)39-3)29(43-26)33-27(35)23-24(21-15-14-20(41-21)17-10-12-18(32)13-11-17)34(42-25(23)28(33)36)19-8-6-5-7-9-19/h5-15,23-25H,4H2,1-3H3/t23-,24-,25-/m0/s1. The second-order valence-electron chi connectivity index (χ2n) is 9.83. The van der Waals surface area contributed by atoms with E-state index in [1.54, 1.807) is 55.5 Å². The molecule has 2 aromatic carbocycles. The monoisotopic (exact) mass is 604 g/mol. The van der Waals surface area contributed by atoms with E-state index in [4.69, 9.17) is 18.7 Å². The van der Waals surface area contributed by atoms with E-state index in [9.17, 15) is 23.6 Å². The number of esters is 2. The summed E-state index contributed by atoms with van der Waals surface area (Å²) in [5, 5.41) is 1.43. The molecule has 2 aromatic heterocycles. The zero-order valence-electron chi connectivity index (χ0n) is 23.2.